The van der Waals surface area contributed by atoms with E-state index in [0.29, 0.717) is 48.9 Å². The molecular formula is C24H26N2O6. The Hall–Kier alpha value is -3.94. The van der Waals surface area contributed by atoms with Crippen LogP contribution in [0.5, 0.6) is 11.5 Å². The summed E-state index contributed by atoms with van der Waals surface area (Å²) in [6.45, 7) is 8.10. The van der Waals surface area contributed by atoms with Crippen LogP contribution in [0.3, 0.4) is 0 Å². The fraction of sp³-hybridized carbons (Fsp3) is 0.250. The van der Waals surface area contributed by atoms with E-state index in [9.17, 15) is 9.59 Å². The molecule has 0 bridgehead atoms. The van der Waals surface area contributed by atoms with Crippen LogP contribution in [0, 0.1) is 0 Å². The van der Waals surface area contributed by atoms with Crippen molar-refractivity contribution in [2.45, 2.75) is 12.8 Å². The molecule has 0 heterocycles. The molecule has 0 saturated heterocycles. The molecule has 0 atom stereocenters. The Bertz CT molecular complexity index is 832. The highest BCUT2D eigenvalue weighted by Gasteiger charge is 1.99. The molecule has 0 aliphatic rings. The summed E-state index contributed by atoms with van der Waals surface area (Å²) in [5, 5.41) is 8.40. The lowest BCUT2D eigenvalue weighted by Crippen LogP contribution is -2.06. The first-order chi connectivity index (χ1) is 15.6. The zero-order valence-corrected chi connectivity index (χ0v) is 17.8. The highest BCUT2D eigenvalue weighted by Crippen LogP contribution is 2.23. The lowest BCUT2D eigenvalue weighted by Gasteiger charge is -2.06. The number of esters is 2. The maximum atomic E-state index is 10.9. The minimum Gasteiger partial charge on any atom is -0.493 e. The topological polar surface area (TPSA) is 95.8 Å². The summed E-state index contributed by atoms with van der Waals surface area (Å²) in [5.74, 6) is 0.510. The van der Waals surface area contributed by atoms with E-state index < -0.39 is 11.9 Å². The molecule has 0 spiro atoms. The molecule has 8 nitrogen and oxygen atoms in total. The SMILES string of the molecule is C=CC(=O)OCCCOc1ccc(/N=N/c2ccc(OCCCOC(=O)C=C)cc2)cc1. The van der Waals surface area contributed by atoms with Gasteiger partial charge in [0.1, 0.15) is 11.5 Å². The molecule has 0 aliphatic carbocycles. The molecule has 2 aromatic rings. The number of benzene rings is 2. The van der Waals surface area contributed by atoms with Gasteiger partial charge in [0.2, 0.25) is 0 Å². The molecule has 0 saturated carbocycles. The van der Waals surface area contributed by atoms with Gasteiger partial charge < -0.3 is 18.9 Å². The van der Waals surface area contributed by atoms with E-state index in [1.165, 1.54) is 0 Å². The first kappa shape index (κ1) is 24.3. The number of nitrogens with zero attached hydrogens (tertiary/aromatic N) is 2. The number of carbonyl (C=O) groups excluding carboxylic acids is 2. The van der Waals surface area contributed by atoms with Crippen molar-refractivity contribution in [1.82, 2.24) is 0 Å². The van der Waals surface area contributed by atoms with Crippen molar-refractivity contribution >= 4 is 23.3 Å². The Labute approximate surface area is 187 Å². The van der Waals surface area contributed by atoms with Gasteiger partial charge in [-0.1, -0.05) is 13.2 Å². The van der Waals surface area contributed by atoms with Crippen LogP contribution in [-0.2, 0) is 19.1 Å². The van der Waals surface area contributed by atoms with Gasteiger partial charge in [-0.25, -0.2) is 9.59 Å². The van der Waals surface area contributed by atoms with Crippen molar-refractivity contribution < 1.29 is 28.5 Å². The molecule has 168 valence electrons. The predicted octanol–water partition coefficient (Wildman–Crippen LogP) is 5.10. The monoisotopic (exact) mass is 438 g/mol. The molecule has 0 unspecified atom stereocenters. The van der Waals surface area contributed by atoms with Crippen LogP contribution < -0.4 is 9.47 Å². The predicted molar refractivity (Wildman–Crippen MR) is 120 cm³/mol. The molecular weight excluding hydrogens is 412 g/mol. The summed E-state index contributed by atoms with van der Waals surface area (Å²) in [5.41, 5.74) is 1.37. The standard InChI is InChI=1S/C24H26N2O6/c1-3-23(27)31-17-5-15-29-21-11-7-19(8-12-21)25-26-20-9-13-22(14-10-20)30-16-6-18-32-24(28)4-2/h3-4,7-14H,1-2,5-6,15-18H2/b26-25+. The summed E-state index contributed by atoms with van der Waals surface area (Å²) in [4.78, 5) is 21.9. The average Bonchev–Trinajstić information content (AvgIpc) is 2.83. The second-order valence-corrected chi connectivity index (χ2v) is 6.34. The van der Waals surface area contributed by atoms with Gasteiger partial charge in [0.05, 0.1) is 37.8 Å². The summed E-state index contributed by atoms with van der Waals surface area (Å²) < 4.78 is 20.9. The quantitative estimate of drug-likeness (QED) is 0.176. The van der Waals surface area contributed by atoms with E-state index in [1.54, 1.807) is 48.5 Å². The first-order valence-corrected chi connectivity index (χ1v) is 10.1. The van der Waals surface area contributed by atoms with Crippen LogP contribution in [0.15, 0.2) is 84.1 Å². The van der Waals surface area contributed by atoms with E-state index in [-0.39, 0.29) is 13.2 Å². The molecule has 0 amide bonds. The van der Waals surface area contributed by atoms with E-state index in [4.69, 9.17) is 18.9 Å². The van der Waals surface area contributed by atoms with E-state index in [2.05, 4.69) is 23.4 Å². The number of azo groups is 1. The lowest BCUT2D eigenvalue weighted by atomic mass is 10.3. The highest BCUT2D eigenvalue weighted by molar-refractivity contribution is 5.81. The number of hydrogen-bond acceptors (Lipinski definition) is 8. The van der Waals surface area contributed by atoms with Crippen molar-refractivity contribution in [2.75, 3.05) is 26.4 Å². The van der Waals surface area contributed by atoms with Crippen LogP contribution in [0.25, 0.3) is 0 Å². The Morgan fingerprint density at radius 1 is 0.656 bits per heavy atom. The number of hydrogen-bond donors (Lipinski definition) is 0. The summed E-state index contributed by atoms with van der Waals surface area (Å²) >= 11 is 0. The second-order valence-electron chi connectivity index (χ2n) is 6.34. The zero-order chi connectivity index (χ0) is 23.0. The third-order valence-electron chi connectivity index (χ3n) is 3.89. The van der Waals surface area contributed by atoms with Crippen LogP contribution in [0.4, 0.5) is 11.4 Å². The second kappa shape index (κ2) is 14.1. The zero-order valence-electron chi connectivity index (χ0n) is 17.8. The van der Waals surface area contributed by atoms with Gasteiger partial charge in [-0.2, -0.15) is 10.2 Å². The highest BCUT2D eigenvalue weighted by atomic mass is 16.5. The maximum Gasteiger partial charge on any atom is 0.330 e. The van der Waals surface area contributed by atoms with Gasteiger partial charge in [-0.3, -0.25) is 0 Å². The third kappa shape index (κ3) is 9.71. The van der Waals surface area contributed by atoms with E-state index >= 15 is 0 Å². The van der Waals surface area contributed by atoms with Gasteiger partial charge in [-0.15, -0.1) is 0 Å². The van der Waals surface area contributed by atoms with Crippen molar-refractivity contribution in [1.29, 1.82) is 0 Å². The molecule has 0 N–H and O–H groups in total. The number of rotatable bonds is 14. The largest absolute Gasteiger partial charge is 0.493 e. The van der Waals surface area contributed by atoms with Crippen molar-refractivity contribution in [3.05, 3.63) is 73.8 Å². The number of carbonyl (C=O) groups is 2. The van der Waals surface area contributed by atoms with Gasteiger partial charge in [0.25, 0.3) is 0 Å². The molecule has 0 aromatic heterocycles. The molecule has 0 aliphatic heterocycles. The summed E-state index contributed by atoms with van der Waals surface area (Å²) in [6.07, 6.45) is 3.43. The minimum atomic E-state index is -0.439. The van der Waals surface area contributed by atoms with Crippen LogP contribution >= 0.6 is 0 Å². The fourth-order valence-electron chi connectivity index (χ4n) is 2.29. The van der Waals surface area contributed by atoms with Crippen LogP contribution in [0.1, 0.15) is 12.8 Å². The van der Waals surface area contributed by atoms with E-state index in [0.717, 1.165) is 12.2 Å². The smallest absolute Gasteiger partial charge is 0.330 e. The Kier molecular flexibility index (Phi) is 10.7. The van der Waals surface area contributed by atoms with E-state index in [1.807, 2.05) is 0 Å². The van der Waals surface area contributed by atoms with Crippen molar-refractivity contribution in [3.8, 4) is 11.5 Å². The van der Waals surface area contributed by atoms with Gasteiger partial charge in [0.15, 0.2) is 0 Å². The van der Waals surface area contributed by atoms with Crippen molar-refractivity contribution in [3.63, 3.8) is 0 Å². The molecule has 0 fully saturated rings. The fourth-order valence-corrected chi connectivity index (χ4v) is 2.29. The Morgan fingerprint density at radius 3 is 1.38 bits per heavy atom. The average molecular weight is 438 g/mol. The first-order valence-electron chi connectivity index (χ1n) is 10.1. The van der Waals surface area contributed by atoms with Crippen molar-refractivity contribution in [2.24, 2.45) is 10.2 Å². The molecule has 0 radical (unpaired) electrons. The summed E-state index contributed by atoms with van der Waals surface area (Å²) in [7, 11) is 0. The Morgan fingerprint density at radius 2 is 1.03 bits per heavy atom. The molecule has 2 rings (SSSR count). The maximum absolute atomic E-state index is 10.9. The van der Waals surface area contributed by atoms with Gasteiger partial charge in [0, 0.05) is 25.0 Å². The van der Waals surface area contributed by atoms with Crippen LogP contribution in [0.2, 0.25) is 0 Å². The minimum absolute atomic E-state index is 0.284. The lowest BCUT2D eigenvalue weighted by molar-refractivity contribution is -0.138. The molecule has 2 aromatic carbocycles. The van der Waals surface area contributed by atoms with Crippen LogP contribution in [-0.4, -0.2) is 38.4 Å². The van der Waals surface area contributed by atoms with Gasteiger partial charge in [-0.05, 0) is 48.5 Å². The molecule has 8 heteroatoms. The Balaban J connectivity index is 1.70. The van der Waals surface area contributed by atoms with Gasteiger partial charge >= 0.3 is 11.9 Å². The normalized spacial score (nSPS) is 10.4. The number of ether oxygens (including phenoxy) is 4. The third-order valence-corrected chi connectivity index (χ3v) is 3.89. The molecule has 32 heavy (non-hydrogen) atoms. The summed E-state index contributed by atoms with van der Waals surface area (Å²) in [6, 6.07) is 14.4.